The maximum absolute atomic E-state index is 4.46. The molecule has 2 aromatic carbocycles. The average molecular weight is 417 g/mol. The molecule has 0 N–H and O–H groups in total. The first-order chi connectivity index (χ1) is 15.2. The first kappa shape index (κ1) is 21.4. The predicted molar refractivity (Wildman–Crippen MR) is 125 cm³/mol. The summed E-state index contributed by atoms with van der Waals surface area (Å²) in [7, 11) is 0. The van der Waals surface area contributed by atoms with Gasteiger partial charge in [0.25, 0.3) is 0 Å². The van der Waals surface area contributed by atoms with Gasteiger partial charge in [-0.15, -0.1) is 5.10 Å². The predicted octanol–water partition coefficient (Wildman–Crippen LogP) is 4.06. The number of aromatic nitrogens is 4. The van der Waals surface area contributed by atoms with E-state index >= 15 is 0 Å². The third kappa shape index (κ3) is 4.92. The fourth-order valence-corrected chi connectivity index (χ4v) is 4.46. The molecule has 1 aromatic heterocycles. The zero-order valence-corrected chi connectivity index (χ0v) is 18.8. The van der Waals surface area contributed by atoms with Gasteiger partial charge in [0.05, 0.1) is 11.7 Å². The van der Waals surface area contributed by atoms with Gasteiger partial charge in [-0.2, -0.15) is 4.68 Å². The zero-order chi connectivity index (χ0) is 21.6. The first-order valence-electron chi connectivity index (χ1n) is 11.2. The van der Waals surface area contributed by atoms with Crippen molar-refractivity contribution in [2.45, 2.75) is 33.2 Å². The van der Waals surface area contributed by atoms with E-state index in [1.165, 1.54) is 16.7 Å². The van der Waals surface area contributed by atoms with Crippen molar-refractivity contribution in [1.82, 2.24) is 30.0 Å². The van der Waals surface area contributed by atoms with Crippen molar-refractivity contribution in [3.63, 3.8) is 0 Å². The van der Waals surface area contributed by atoms with Crippen molar-refractivity contribution in [1.29, 1.82) is 0 Å². The molecule has 0 spiro atoms. The van der Waals surface area contributed by atoms with E-state index in [9.17, 15) is 0 Å². The maximum atomic E-state index is 4.46. The molecule has 0 saturated carbocycles. The largest absolute Gasteiger partial charge is 0.297 e. The summed E-state index contributed by atoms with van der Waals surface area (Å²) in [5.74, 6) is 0.942. The molecule has 2 heterocycles. The SMILES string of the molecule is CCC(c1nnnn1-c1c(C)cccc1C)N1CCN(C/C=C/c2ccccc2)CC1. The van der Waals surface area contributed by atoms with Crippen LogP contribution in [0.1, 0.15) is 41.9 Å². The van der Waals surface area contributed by atoms with Gasteiger partial charge in [-0.05, 0) is 47.4 Å². The number of benzene rings is 2. The Bertz CT molecular complexity index is 982. The fourth-order valence-electron chi connectivity index (χ4n) is 4.46. The van der Waals surface area contributed by atoms with Crippen LogP contribution in [-0.4, -0.2) is 62.7 Å². The molecule has 1 unspecified atom stereocenters. The Morgan fingerprint density at radius 3 is 2.32 bits per heavy atom. The van der Waals surface area contributed by atoms with Crippen LogP contribution in [-0.2, 0) is 0 Å². The van der Waals surface area contributed by atoms with Crippen LogP contribution in [0, 0.1) is 13.8 Å². The topological polar surface area (TPSA) is 50.1 Å². The molecule has 31 heavy (non-hydrogen) atoms. The van der Waals surface area contributed by atoms with Gasteiger partial charge in [0.15, 0.2) is 5.82 Å². The van der Waals surface area contributed by atoms with Crippen LogP contribution in [0.5, 0.6) is 0 Å². The van der Waals surface area contributed by atoms with Gasteiger partial charge in [0.1, 0.15) is 0 Å². The highest BCUT2D eigenvalue weighted by Crippen LogP contribution is 2.27. The highest BCUT2D eigenvalue weighted by molar-refractivity contribution is 5.49. The minimum absolute atomic E-state index is 0.219. The third-order valence-corrected chi connectivity index (χ3v) is 6.15. The van der Waals surface area contributed by atoms with E-state index in [-0.39, 0.29) is 6.04 Å². The summed E-state index contributed by atoms with van der Waals surface area (Å²) >= 11 is 0. The minimum atomic E-state index is 0.219. The molecule has 6 heteroatoms. The lowest BCUT2D eigenvalue weighted by Gasteiger charge is -2.38. The highest BCUT2D eigenvalue weighted by atomic mass is 15.6. The number of aryl methyl sites for hydroxylation is 2. The number of tetrazole rings is 1. The Hall–Kier alpha value is -2.83. The summed E-state index contributed by atoms with van der Waals surface area (Å²) in [5.41, 5.74) is 4.74. The summed E-state index contributed by atoms with van der Waals surface area (Å²) in [6.45, 7) is 11.6. The molecule has 1 fully saturated rings. The summed E-state index contributed by atoms with van der Waals surface area (Å²) in [6.07, 6.45) is 5.46. The van der Waals surface area contributed by atoms with Crippen LogP contribution in [0.3, 0.4) is 0 Å². The van der Waals surface area contributed by atoms with Crippen molar-refractivity contribution in [2.75, 3.05) is 32.7 Å². The lowest BCUT2D eigenvalue weighted by molar-refractivity contribution is 0.0960. The van der Waals surface area contributed by atoms with Gasteiger partial charge in [-0.25, -0.2) is 0 Å². The van der Waals surface area contributed by atoms with E-state index in [1.54, 1.807) is 0 Å². The van der Waals surface area contributed by atoms with E-state index in [0.29, 0.717) is 0 Å². The Morgan fingerprint density at radius 2 is 1.65 bits per heavy atom. The average Bonchev–Trinajstić information content (AvgIpc) is 3.25. The first-order valence-corrected chi connectivity index (χ1v) is 11.2. The Kier molecular flexibility index (Phi) is 6.89. The lowest BCUT2D eigenvalue weighted by atomic mass is 10.1. The Balaban J connectivity index is 1.42. The summed E-state index contributed by atoms with van der Waals surface area (Å²) in [6, 6.07) is 17.0. The molecule has 1 atom stereocenters. The van der Waals surface area contributed by atoms with E-state index in [1.807, 2.05) is 4.68 Å². The van der Waals surface area contributed by atoms with Crippen LogP contribution >= 0.6 is 0 Å². The molecule has 6 nitrogen and oxygen atoms in total. The Labute approximate surface area is 185 Å². The van der Waals surface area contributed by atoms with E-state index in [2.05, 4.69) is 107 Å². The normalized spacial score (nSPS) is 16.7. The second-order valence-corrected chi connectivity index (χ2v) is 8.26. The summed E-state index contributed by atoms with van der Waals surface area (Å²) < 4.78 is 1.95. The molecule has 1 saturated heterocycles. The second kappa shape index (κ2) is 9.98. The zero-order valence-electron chi connectivity index (χ0n) is 18.8. The van der Waals surface area contributed by atoms with E-state index in [4.69, 9.17) is 0 Å². The lowest BCUT2D eigenvalue weighted by Crippen LogP contribution is -2.47. The third-order valence-electron chi connectivity index (χ3n) is 6.15. The quantitative estimate of drug-likeness (QED) is 0.581. The van der Waals surface area contributed by atoms with Gasteiger partial charge in [-0.1, -0.05) is 67.6 Å². The van der Waals surface area contributed by atoms with E-state index in [0.717, 1.165) is 50.7 Å². The summed E-state index contributed by atoms with van der Waals surface area (Å²) in [5, 5.41) is 12.9. The van der Waals surface area contributed by atoms with Crippen molar-refractivity contribution in [3.8, 4) is 5.69 Å². The number of para-hydroxylation sites is 1. The standard InChI is InChI=1S/C25H32N6/c1-4-23(25-26-27-28-31(25)24-20(2)10-8-11-21(24)3)30-18-16-29(17-19-30)15-9-14-22-12-6-5-7-13-22/h5-14,23H,4,15-19H2,1-3H3/b14-9+. The number of hydrogen-bond acceptors (Lipinski definition) is 5. The molecule has 4 rings (SSSR count). The molecule has 0 aliphatic carbocycles. The van der Waals surface area contributed by atoms with Crippen LogP contribution in [0.4, 0.5) is 0 Å². The van der Waals surface area contributed by atoms with Gasteiger partial charge in [0, 0.05) is 32.7 Å². The van der Waals surface area contributed by atoms with Crippen molar-refractivity contribution in [2.24, 2.45) is 0 Å². The molecule has 1 aliphatic rings. The van der Waals surface area contributed by atoms with Crippen LogP contribution in [0.25, 0.3) is 11.8 Å². The van der Waals surface area contributed by atoms with Crippen molar-refractivity contribution in [3.05, 3.63) is 77.1 Å². The number of nitrogens with zero attached hydrogens (tertiary/aromatic N) is 6. The van der Waals surface area contributed by atoms with Gasteiger partial charge < -0.3 is 0 Å². The molecular formula is C25H32N6. The molecule has 0 radical (unpaired) electrons. The van der Waals surface area contributed by atoms with Gasteiger partial charge in [-0.3, -0.25) is 9.80 Å². The molecule has 0 amide bonds. The number of hydrogen-bond donors (Lipinski definition) is 0. The molecule has 3 aromatic rings. The number of piperazine rings is 1. The number of rotatable bonds is 7. The molecule has 162 valence electrons. The monoisotopic (exact) mass is 416 g/mol. The second-order valence-electron chi connectivity index (χ2n) is 8.26. The van der Waals surface area contributed by atoms with Crippen LogP contribution in [0.2, 0.25) is 0 Å². The van der Waals surface area contributed by atoms with Crippen LogP contribution < -0.4 is 0 Å². The van der Waals surface area contributed by atoms with Crippen molar-refractivity contribution < 1.29 is 0 Å². The molecule has 0 bridgehead atoms. The highest BCUT2D eigenvalue weighted by Gasteiger charge is 2.28. The summed E-state index contributed by atoms with van der Waals surface area (Å²) in [4.78, 5) is 5.05. The maximum Gasteiger partial charge on any atom is 0.173 e. The Morgan fingerprint density at radius 1 is 0.935 bits per heavy atom. The smallest absolute Gasteiger partial charge is 0.173 e. The van der Waals surface area contributed by atoms with Crippen LogP contribution in [0.15, 0.2) is 54.6 Å². The van der Waals surface area contributed by atoms with Crippen molar-refractivity contribution >= 4 is 6.08 Å². The fraction of sp³-hybridized carbons (Fsp3) is 0.400. The molecule has 1 aliphatic heterocycles. The van der Waals surface area contributed by atoms with E-state index < -0.39 is 0 Å². The van der Waals surface area contributed by atoms with Gasteiger partial charge >= 0.3 is 0 Å². The molecular weight excluding hydrogens is 384 g/mol. The van der Waals surface area contributed by atoms with Gasteiger partial charge in [0.2, 0.25) is 0 Å². The minimum Gasteiger partial charge on any atom is -0.297 e.